The van der Waals surface area contributed by atoms with Crippen LogP contribution in [0, 0.1) is 26.7 Å². The molecule has 0 radical (unpaired) electrons. The Morgan fingerprint density at radius 1 is 1.00 bits per heavy atom. The van der Waals surface area contributed by atoms with E-state index in [1.165, 1.54) is 40.8 Å². The third-order valence-electron chi connectivity index (χ3n) is 7.42. The molecule has 0 aliphatic carbocycles. The molecule has 2 heterocycles. The molecule has 3 nitrogen and oxygen atoms in total. The quantitative estimate of drug-likeness (QED) is 0.758. The summed E-state index contributed by atoms with van der Waals surface area (Å²) in [6.07, 6.45) is 4.62. The molecule has 0 N–H and O–H groups in total. The van der Waals surface area contributed by atoms with E-state index in [4.69, 9.17) is 0 Å². The largest absolute Gasteiger partial charge is 0.369 e. The Labute approximate surface area is 159 Å². The van der Waals surface area contributed by atoms with Crippen molar-refractivity contribution < 1.29 is 4.79 Å². The van der Waals surface area contributed by atoms with Gasteiger partial charge >= 0.3 is 0 Å². The van der Waals surface area contributed by atoms with Crippen LogP contribution in [0.3, 0.4) is 0 Å². The molecule has 0 bridgehead atoms. The zero-order valence-electron chi connectivity index (χ0n) is 17.9. The molecule has 1 saturated heterocycles. The fourth-order valence-corrected chi connectivity index (χ4v) is 5.26. The Hall–Kier alpha value is -1.51. The Morgan fingerprint density at radius 3 is 2.27 bits per heavy atom. The predicted octanol–water partition coefficient (Wildman–Crippen LogP) is 5.03. The van der Waals surface area contributed by atoms with Gasteiger partial charge in [-0.15, -0.1) is 0 Å². The van der Waals surface area contributed by atoms with E-state index < -0.39 is 0 Å². The molecule has 1 amide bonds. The highest BCUT2D eigenvalue weighted by Crippen LogP contribution is 2.43. The van der Waals surface area contributed by atoms with Crippen LogP contribution < -0.4 is 4.90 Å². The summed E-state index contributed by atoms with van der Waals surface area (Å²) >= 11 is 0. The number of amides is 1. The van der Waals surface area contributed by atoms with Crippen molar-refractivity contribution in [3.63, 3.8) is 0 Å². The summed E-state index contributed by atoms with van der Waals surface area (Å²) in [6, 6.07) is 0.963. The van der Waals surface area contributed by atoms with Gasteiger partial charge in [0, 0.05) is 19.1 Å². The minimum atomic E-state index is 0.254. The number of hydrogen-bond acceptors (Lipinski definition) is 2. The maximum absolute atomic E-state index is 13.7. The number of hydrogen-bond donors (Lipinski definition) is 0. The van der Waals surface area contributed by atoms with E-state index >= 15 is 0 Å². The van der Waals surface area contributed by atoms with Crippen molar-refractivity contribution in [1.82, 2.24) is 4.90 Å². The number of fused-ring (bicyclic) bond motifs is 2. The molecule has 0 spiro atoms. The van der Waals surface area contributed by atoms with Crippen molar-refractivity contribution in [2.75, 3.05) is 11.9 Å². The minimum absolute atomic E-state index is 0.254. The molecule has 3 unspecified atom stereocenters. The summed E-state index contributed by atoms with van der Waals surface area (Å²) in [5.74, 6) is 0.816. The van der Waals surface area contributed by atoms with Gasteiger partial charge < -0.3 is 9.80 Å². The second-order valence-corrected chi connectivity index (χ2v) is 8.77. The van der Waals surface area contributed by atoms with Crippen molar-refractivity contribution in [1.29, 1.82) is 0 Å². The van der Waals surface area contributed by atoms with Crippen LogP contribution in [-0.4, -0.2) is 36.0 Å². The SMILES string of the molecule is CCCCc1c(C)c(C)c2c(c1C)N(C)C(C)[C@@H]1CC(C)C(C)N1C2=O. The van der Waals surface area contributed by atoms with Crippen LogP contribution >= 0.6 is 0 Å². The molecule has 2 aliphatic heterocycles. The molecule has 26 heavy (non-hydrogen) atoms. The van der Waals surface area contributed by atoms with Crippen LogP contribution in [0.5, 0.6) is 0 Å². The smallest absolute Gasteiger partial charge is 0.256 e. The van der Waals surface area contributed by atoms with E-state index in [0.29, 0.717) is 24.0 Å². The number of anilines is 1. The molecule has 3 heteroatoms. The highest BCUT2D eigenvalue weighted by atomic mass is 16.2. The molecule has 1 fully saturated rings. The lowest BCUT2D eigenvalue weighted by Crippen LogP contribution is -2.47. The number of likely N-dealkylation sites (N-methyl/N-ethyl adjacent to an activating group) is 1. The first-order valence-electron chi connectivity index (χ1n) is 10.4. The average molecular weight is 357 g/mol. The average Bonchev–Trinajstić information content (AvgIpc) is 2.87. The highest BCUT2D eigenvalue weighted by Gasteiger charge is 2.47. The van der Waals surface area contributed by atoms with Crippen molar-refractivity contribution in [3.8, 4) is 0 Å². The predicted molar refractivity (Wildman–Crippen MR) is 110 cm³/mol. The molecular formula is C23H36N2O. The topological polar surface area (TPSA) is 23.6 Å². The fourth-order valence-electron chi connectivity index (χ4n) is 5.26. The van der Waals surface area contributed by atoms with Crippen LogP contribution in [-0.2, 0) is 6.42 Å². The van der Waals surface area contributed by atoms with Crippen LogP contribution in [0.15, 0.2) is 0 Å². The van der Waals surface area contributed by atoms with Gasteiger partial charge in [-0.25, -0.2) is 0 Å². The third kappa shape index (κ3) is 2.66. The van der Waals surface area contributed by atoms with Crippen LogP contribution in [0.4, 0.5) is 5.69 Å². The fraction of sp³-hybridized carbons (Fsp3) is 0.696. The summed E-state index contributed by atoms with van der Waals surface area (Å²) in [4.78, 5) is 18.3. The summed E-state index contributed by atoms with van der Waals surface area (Å²) in [6.45, 7) is 15.7. The monoisotopic (exact) mass is 356 g/mol. The molecular weight excluding hydrogens is 320 g/mol. The molecule has 144 valence electrons. The number of rotatable bonds is 3. The van der Waals surface area contributed by atoms with Crippen molar-refractivity contribution in [2.24, 2.45) is 5.92 Å². The van der Waals surface area contributed by atoms with Gasteiger partial charge in [0.25, 0.3) is 5.91 Å². The van der Waals surface area contributed by atoms with E-state index in [-0.39, 0.29) is 5.91 Å². The Balaban J connectivity index is 2.23. The number of benzene rings is 1. The maximum atomic E-state index is 13.7. The molecule has 1 aromatic carbocycles. The summed E-state index contributed by atoms with van der Waals surface area (Å²) in [7, 11) is 2.19. The first-order chi connectivity index (χ1) is 12.2. The zero-order chi connectivity index (χ0) is 19.3. The van der Waals surface area contributed by atoms with Crippen molar-refractivity contribution >= 4 is 11.6 Å². The number of carbonyl (C=O) groups is 1. The second-order valence-electron chi connectivity index (χ2n) is 8.77. The van der Waals surface area contributed by atoms with E-state index in [1.807, 2.05) is 0 Å². The molecule has 2 aliphatic rings. The Morgan fingerprint density at radius 2 is 1.65 bits per heavy atom. The standard InChI is InChI=1S/C23H36N2O/c1-9-10-11-19-14(3)15(4)21-22(16(19)5)24(8)18(7)20-12-13(2)17(6)25(20)23(21)26/h13,17-18,20H,9-12H2,1-8H3/t13?,17?,18?,20-/m0/s1. The Bertz CT molecular complexity index is 724. The lowest BCUT2D eigenvalue weighted by Gasteiger charge is -2.34. The second kappa shape index (κ2) is 6.90. The third-order valence-corrected chi connectivity index (χ3v) is 7.42. The van der Waals surface area contributed by atoms with Gasteiger partial charge in [-0.2, -0.15) is 0 Å². The van der Waals surface area contributed by atoms with Gasteiger partial charge in [0.05, 0.1) is 17.3 Å². The highest BCUT2D eigenvalue weighted by molar-refractivity contribution is 6.04. The van der Waals surface area contributed by atoms with Gasteiger partial charge in [0.15, 0.2) is 0 Å². The van der Waals surface area contributed by atoms with Gasteiger partial charge in [0.2, 0.25) is 0 Å². The van der Waals surface area contributed by atoms with Gasteiger partial charge in [0.1, 0.15) is 0 Å². The first kappa shape index (κ1) is 19.3. The van der Waals surface area contributed by atoms with Crippen LogP contribution in [0.1, 0.15) is 79.6 Å². The van der Waals surface area contributed by atoms with Crippen molar-refractivity contribution in [3.05, 3.63) is 27.8 Å². The van der Waals surface area contributed by atoms with Gasteiger partial charge in [-0.05, 0) is 82.1 Å². The lowest BCUT2D eigenvalue weighted by molar-refractivity contribution is 0.0661. The summed E-state index contributed by atoms with van der Waals surface area (Å²) in [5.41, 5.74) is 7.43. The minimum Gasteiger partial charge on any atom is -0.369 e. The number of unbranched alkanes of at least 4 members (excludes halogenated alkanes) is 1. The van der Waals surface area contributed by atoms with Crippen molar-refractivity contribution in [2.45, 2.75) is 92.3 Å². The molecule has 0 aromatic heterocycles. The molecule has 0 saturated carbocycles. The maximum Gasteiger partial charge on any atom is 0.256 e. The summed E-state index contributed by atoms with van der Waals surface area (Å²) < 4.78 is 0. The molecule has 4 atom stereocenters. The van der Waals surface area contributed by atoms with E-state index in [1.54, 1.807) is 0 Å². The first-order valence-corrected chi connectivity index (χ1v) is 10.4. The van der Waals surface area contributed by atoms with Crippen LogP contribution in [0.25, 0.3) is 0 Å². The van der Waals surface area contributed by atoms with Gasteiger partial charge in [-0.1, -0.05) is 20.3 Å². The van der Waals surface area contributed by atoms with E-state index in [2.05, 4.69) is 65.3 Å². The number of nitrogens with zero attached hydrogens (tertiary/aromatic N) is 2. The Kier molecular flexibility index (Phi) is 5.11. The number of carbonyl (C=O) groups excluding carboxylic acids is 1. The molecule has 3 rings (SSSR count). The summed E-state index contributed by atoms with van der Waals surface area (Å²) in [5, 5.41) is 0. The zero-order valence-corrected chi connectivity index (χ0v) is 17.9. The lowest BCUT2D eigenvalue weighted by atomic mass is 9.87. The van der Waals surface area contributed by atoms with Crippen LogP contribution in [0.2, 0.25) is 0 Å². The van der Waals surface area contributed by atoms with E-state index in [0.717, 1.165) is 18.4 Å². The van der Waals surface area contributed by atoms with E-state index in [9.17, 15) is 4.79 Å². The van der Waals surface area contributed by atoms with Gasteiger partial charge in [-0.3, -0.25) is 4.79 Å². The molecule has 1 aromatic rings. The normalized spacial score (nSPS) is 28.2.